The first-order chi connectivity index (χ1) is 1.73. The van der Waals surface area contributed by atoms with Crippen molar-refractivity contribution in [2.75, 3.05) is 0 Å². The first kappa shape index (κ1) is 10.2. The van der Waals surface area contributed by atoms with Crippen molar-refractivity contribution in [2.24, 2.45) is 0 Å². The van der Waals surface area contributed by atoms with E-state index in [1.54, 1.807) is 0 Å². The maximum absolute atomic E-state index is 8.63. The van der Waals surface area contributed by atoms with Crippen LogP contribution in [0.2, 0.25) is 0 Å². The molecule has 0 aliphatic heterocycles. The SMILES string of the molecule is [O-][Br+2]([O-])O.[Rb]. The Labute approximate surface area is 83.6 Å². The molecule has 0 atom stereocenters. The molecule has 0 saturated carbocycles. The summed E-state index contributed by atoms with van der Waals surface area (Å²) in [5.74, 6) is 0. The molecular formula is HBrO3Rb. The van der Waals surface area contributed by atoms with Crippen LogP contribution < -0.4 is 8.40 Å². The summed E-state index contributed by atoms with van der Waals surface area (Å²) >= 11 is -3.40. The summed E-state index contributed by atoms with van der Waals surface area (Å²) in [6.45, 7) is 0. The van der Waals surface area contributed by atoms with Crippen molar-refractivity contribution in [2.45, 2.75) is 0 Å². The summed E-state index contributed by atoms with van der Waals surface area (Å²) in [7, 11) is 0. The van der Waals surface area contributed by atoms with Gasteiger partial charge in [-0.25, -0.2) is 0 Å². The zero-order valence-corrected chi connectivity index (χ0v) is 9.14. The van der Waals surface area contributed by atoms with Crippen molar-refractivity contribution in [3.63, 3.8) is 0 Å². The number of hydrogen-bond donors (Lipinski definition) is 1. The number of hydrogen-bond acceptors (Lipinski definition) is 3. The van der Waals surface area contributed by atoms with Gasteiger partial charge in [-0.05, 0) is 4.20 Å². The molecule has 5 heavy (non-hydrogen) atoms. The van der Waals surface area contributed by atoms with Crippen molar-refractivity contribution in [3.05, 3.63) is 0 Å². The molecule has 0 fully saturated rings. The van der Waals surface area contributed by atoms with Crippen LogP contribution in [-0.2, 0) is 0 Å². The van der Waals surface area contributed by atoms with E-state index >= 15 is 0 Å². The molecule has 27 valence electrons. The molecule has 0 aromatic heterocycles. The quantitative estimate of drug-likeness (QED) is 0.459. The Kier molecular flexibility index (Phi) is 12.6. The van der Waals surface area contributed by atoms with E-state index in [9.17, 15) is 0 Å². The van der Waals surface area contributed by atoms with Gasteiger partial charge in [0.05, 0.1) is 0 Å². The van der Waals surface area contributed by atoms with Gasteiger partial charge >= 0.3 is 14.8 Å². The van der Waals surface area contributed by atoms with Gasteiger partial charge in [0, 0.05) is 58.2 Å². The second-order valence-corrected chi connectivity index (χ2v) is 1.04. The summed E-state index contributed by atoms with van der Waals surface area (Å²) < 4.78 is 24.3. The van der Waals surface area contributed by atoms with Crippen molar-refractivity contribution in [1.82, 2.24) is 0 Å². The second kappa shape index (κ2) is 6.17. The topological polar surface area (TPSA) is 66.3 Å². The summed E-state index contributed by atoms with van der Waals surface area (Å²) in [5, 5.41) is 0. The van der Waals surface area contributed by atoms with Crippen LogP contribution in [0.3, 0.4) is 0 Å². The fourth-order valence-corrected chi connectivity index (χ4v) is 0. The summed E-state index contributed by atoms with van der Waals surface area (Å²) in [6, 6.07) is 0. The fourth-order valence-electron chi connectivity index (χ4n) is 0. The standard InChI is InChI=1S/BrHO3.Rb/c2-1(3)4;/h2H;. The molecule has 0 bridgehead atoms. The van der Waals surface area contributed by atoms with Crippen LogP contribution in [0, 0.1) is 14.8 Å². The van der Waals surface area contributed by atoms with Gasteiger partial charge in [-0.15, -0.1) is 0 Å². The Balaban J connectivity index is 0. The van der Waals surface area contributed by atoms with Gasteiger partial charge in [0.2, 0.25) is 0 Å². The van der Waals surface area contributed by atoms with Crippen molar-refractivity contribution in [1.29, 1.82) is 0 Å². The van der Waals surface area contributed by atoms with Crippen LogP contribution in [0.5, 0.6) is 0 Å². The van der Waals surface area contributed by atoms with Crippen molar-refractivity contribution in [3.8, 4) is 0 Å². The molecular weight excluding hydrogens is 213 g/mol. The van der Waals surface area contributed by atoms with E-state index in [2.05, 4.69) is 0 Å². The van der Waals surface area contributed by atoms with Crippen LogP contribution in [0.25, 0.3) is 0 Å². The average Bonchev–Trinajstić information content (AvgIpc) is 0.811. The Morgan fingerprint density at radius 3 is 1.40 bits per heavy atom. The average molecular weight is 214 g/mol. The van der Waals surface area contributed by atoms with E-state index < -0.39 is 14.8 Å². The normalized spacial score (nSPS) is 7.20. The third-order valence-electron chi connectivity index (χ3n) is 0. The zero-order chi connectivity index (χ0) is 3.58. The zero-order valence-electron chi connectivity index (χ0n) is 2.64. The van der Waals surface area contributed by atoms with E-state index in [0.29, 0.717) is 0 Å². The molecule has 1 radical (unpaired) electrons. The van der Waals surface area contributed by atoms with Crippen LogP contribution in [0.1, 0.15) is 0 Å². The van der Waals surface area contributed by atoms with E-state index in [4.69, 9.17) is 12.6 Å². The minimum atomic E-state index is -3.40. The Bertz CT molecular complexity index is 11.6. The molecule has 0 saturated heterocycles. The minimum absolute atomic E-state index is 0. The van der Waals surface area contributed by atoms with E-state index in [0.717, 1.165) is 0 Å². The number of halogens is 1. The molecule has 0 spiro atoms. The maximum atomic E-state index is 8.63. The molecule has 0 aromatic carbocycles. The second-order valence-electron chi connectivity index (χ2n) is 0.201. The molecule has 3 nitrogen and oxygen atoms in total. The van der Waals surface area contributed by atoms with Gasteiger partial charge in [0.25, 0.3) is 0 Å². The van der Waals surface area contributed by atoms with E-state index in [1.165, 1.54) is 0 Å². The Morgan fingerprint density at radius 2 is 1.40 bits per heavy atom. The molecule has 0 aliphatic carbocycles. The van der Waals surface area contributed by atoms with Gasteiger partial charge in [-0.1, -0.05) is 0 Å². The van der Waals surface area contributed by atoms with Crippen LogP contribution in [0.4, 0.5) is 0 Å². The summed E-state index contributed by atoms with van der Waals surface area (Å²) in [5.41, 5.74) is 0. The monoisotopic (exact) mass is 213 g/mol. The summed E-state index contributed by atoms with van der Waals surface area (Å²) in [4.78, 5) is 0. The third-order valence-corrected chi connectivity index (χ3v) is 0. The van der Waals surface area contributed by atoms with E-state index in [1.807, 2.05) is 0 Å². The van der Waals surface area contributed by atoms with Gasteiger partial charge in [-0.3, -0.25) is 0 Å². The number of rotatable bonds is 0. The minimum Gasteiger partial charge on any atom is -0.372 e. The van der Waals surface area contributed by atoms with Crippen molar-refractivity contribution < 1.29 is 27.4 Å². The van der Waals surface area contributed by atoms with Gasteiger partial charge in [-0.2, -0.15) is 0 Å². The maximum Gasteiger partial charge on any atom is 0.433 e. The predicted molar refractivity (Wildman–Crippen MR) is 7.97 cm³/mol. The predicted octanol–water partition coefficient (Wildman–Crippen LogP) is -3.32. The van der Waals surface area contributed by atoms with Crippen LogP contribution >= 0.6 is 0 Å². The van der Waals surface area contributed by atoms with Crippen molar-refractivity contribution >= 4 is 58.2 Å². The molecule has 5 heteroatoms. The molecule has 0 unspecified atom stereocenters. The first-order valence-corrected chi connectivity index (χ1v) is 2.48. The molecule has 1 N–H and O–H groups in total. The van der Waals surface area contributed by atoms with Gasteiger partial charge < -0.3 is 8.40 Å². The van der Waals surface area contributed by atoms with Crippen LogP contribution in [0.15, 0.2) is 0 Å². The van der Waals surface area contributed by atoms with E-state index in [-0.39, 0.29) is 58.2 Å². The molecule has 0 rings (SSSR count). The largest absolute Gasteiger partial charge is 0.433 e. The summed E-state index contributed by atoms with van der Waals surface area (Å²) in [6.07, 6.45) is 0. The Hall–Kier alpha value is 2.17. The van der Waals surface area contributed by atoms with Gasteiger partial charge in [0.15, 0.2) is 0 Å². The van der Waals surface area contributed by atoms with Crippen LogP contribution in [-0.4, -0.2) is 62.4 Å². The molecule has 0 heterocycles. The smallest absolute Gasteiger partial charge is 0.372 e. The fraction of sp³-hybridized carbons (Fsp3) is 0. The van der Waals surface area contributed by atoms with Gasteiger partial charge in [0.1, 0.15) is 0 Å². The molecule has 0 aliphatic rings. The molecule has 0 amide bonds. The Morgan fingerprint density at radius 1 is 1.40 bits per heavy atom. The third kappa shape index (κ3) is 22.8. The molecule has 0 aromatic rings. The first-order valence-electron chi connectivity index (χ1n) is 0.478.